The topological polar surface area (TPSA) is 74.0 Å². The van der Waals surface area contributed by atoms with Crippen LogP contribution in [0.15, 0.2) is 42.6 Å². The Labute approximate surface area is 156 Å². The molecule has 8 heteroatoms. The van der Waals surface area contributed by atoms with Gasteiger partial charge in [-0.1, -0.05) is 0 Å². The van der Waals surface area contributed by atoms with E-state index in [1.54, 1.807) is 12.3 Å². The molecule has 2 heterocycles. The molecule has 0 aliphatic rings. The smallest absolute Gasteiger partial charge is 0.271 e. The van der Waals surface area contributed by atoms with Crippen molar-refractivity contribution in [3.05, 3.63) is 65.5 Å². The van der Waals surface area contributed by atoms with Crippen molar-refractivity contribution in [1.29, 1.82) is 0 Å². The monoisotopic (exact) mass is 371 g/mol. The average molecular weight is 371 g/mol. The van der Waals surface area contributed by atoms with Gasteiger partial charge in [-0.15, -0.1) is 0 Å². The maximum absolute atomic E-state index is 12.9. The Hall–Kier alpha value is -3.16. The predicted molar refractivity (Wildman–Crippen MR) is 97.9 cm³/mol. The fourth-order valence-electron chi connectivity index (χ4n) is 2.65. The summed E-state index contributed by atoms with van der Waals surface area (Å²) >= 11 is 0. The van der Waals surface area contributed by atoms with Crippen molar-refractivity contribution < 1.29 is 13.9 Å². The number of nitrogens with zero attached hydrogens (tertiary/aromatic N) is 4. The fourth-order valence-corrected chi connectivity index (χ4v) is 2.65. The van der Waals surface area contributed by atoms with Gasteiger partial charge in [-0.25, -0.2) is 9.07 Å². The van der Waals surface area contributed by atoms with Crippen LogP contribution in [0.4, 0.5) is 4.39 Å². The lowest BCUT2D eigenvalue weighted by Gasteiger charge is -2.06. The van der Waals surface area contributed by atoms with Gasteiger partial charge in [-0.05, 0) is 56.7 Å². The summed E-state index contributed by atoms with van der Waals surface area (Å²) < 4.78 is 21.8. The molecule has 0 spiro atoms. The van der Waals surface area contributed by atoms with E-state index in [1.165, 1.54) is 28.9 Å². The number of carbonyl (C=O) groups is 1. The van der Waals surface area contributed by atoms with Crippen molar-refractivity contribution in [3.63, 3.8) is 0 Å². The summed E-state index contributed by atoms with van der Waals surface area (Å²) in [5, 5.41) is 11.4. The van der Waals surface area contributed by atoms with Crippen molar-refractivity contribution in [2.75, 3.05) is 6.54 Å². The van der Waals surface area contributed by atoms with E-state index < -0.39 is 0 Å². The zero-order valence-corrected chi connectivity index (χ0v) is 15.4. The maximum Gasteiger partial charge on any atom is 0.271 e. The van der Waals surface area contributed by atoms with Crippen LogP contribution in [0, 0.1) is 19.7 Å². The van der Waals surface area contributed by atoms with Gasteiger partial charge in [0.2, 0.25) is 0 Å². The lowest BCUT2D eigenvalue weighted by atomic mass is 10.3. The Bertz CT molecular complexity index is 901. The second kappa shape index (κ2) is 8.48. The Morgan fingerprint density at radius 1 is 1.19 bits per heavy atom. The number of benzene rings is 1. The lowest BCUT2D eigenvalue weighted by Crippen LogP contribution is -2.26. The molecule has 7 nitrogen and oxygen atoms in total. The number of aryl methyl sites for hydroxylation is 3. The number of aromatic nitrogens is 4. The van der Waals surface area contributed by atoms with Crippen molar-refractivity contribution in [2.24, 2.45) is 0 Å². The first-order chi connectivity index (χ1) is 13.0. The quantitative estimate of drug-likeness (QED) is 0.618. The molecule has 0 aliphatic carbocycles. The van der Waals surface area contributed by atoms with E-state index in [2.05, 4.69) is 15.5 Å². The van der Waals surface area contributed by atoms with Gasteiger partial charge in [0.1, 0.15) is 17.3 Å². The summed E-state index contributed by atoms with van der Waals surface area (Å²) in [5.41, 5.74) is 2.42. The molecular weight excluding hydrogens is 349 g/mol. The molecule has 0 atom stereocenters. The zero-order chi connectivity index (χ0) is 19.2. The largest absolute Gasteiger partial charge is 0.471 e. The van der Waals surface area contributed by atoms with Crippen LogP contribution in [0.25, 0.3) is 0 Å². The lowest BCUT2D eigenvalue weighted by molar-refractivity contribution is 0.0945. The van der Waals surface area contributed by atoms with Gasteiger partial charge in [0.25, 0.3) is 5.91 Å². The van der Waals surface area contributed by atoms with Crippen molar-refractivity contribution >= 4 is 5.91 Å². The van der Waals surface area contributed by atoms with Crippen LogP contribution in [0.2, 0.25) is 0 Å². The number of hydrogen-bond acceptors (Lipinski definition) is 4. The molecule has 0 saturated heterocycles. The van der Waals surface area contributed by atoms with Gasteiger partial charge in [0, 0.05) is 25.0 Å². The first kappa shape index (κ1) is 18.6. The van der Waals surface area contributed by atoms with E-state index in [-0.39, 0.29) is 18.5 Å². The molecule has 0 unspecified atom stereocenters. The first-order valence-corrected chi connectivity index (χ1v) is 8.72. The molecule has 0 saturated carbocycles. The third kappa shape index (κ3) is 5.16. The summed E-state index contributed by atoms with van der Waals surface area (Å²) in [4.78, 5) is 12.2. The Kier molecular flexibility index (Phi) is 5.85. The molecule has 1 aromatic carbocycles. The normalized spacial score (nSPS) is 10.8. The van der Waals surface area contributed by atoms with Crippen molar-refractivity contribution in [3.8, 4) is 5.75 Å². The summed E-state index contributed by atoms with van der Waals surface area (Å²) in [5.74, 6) is -0.0239. The third-order valence-corrected chi connectivity index (χ3v) is 3.99. The summed E-state index contributed by atoms with van der Waals surface area (Å²) in [6, 6.07) is 9.38. The molecule has 0 aliphatic heterocycles. The SMILES string of the molecule is Cc1cc(C)n(CCCNC(=O)c2ccn(COc3ccc(F)cc3)n2)n1. The molecule has 1 amide bonds. The van der Waals surface area contributed by atoms with Crippen molar-refractivity contribution in [1.82, 2.24) is 24.9 Å². The van der Waals surface area contributed by atoms with E-state index in [0.717, 1.165) is 24.4 Å². The van der Waals surface area contributed by atoms with E-state index in [1.807, 2.05) is 24.6 Å². The highest BCUT2D eigenvalue weighted by Crippen LogP contribution is 2.11. The summed E-state index contributed by atoms with van der Waals surface area (Å²) in [7, 11) is 0. The van der Waals surface area contributed by atoms with E-state index in [4.69, 9.17) is 4.74 Å². The van der Waals surface area contributed by atoms with Crippen LogP contribution < -0.4 is 10.1 Å². The number of halogens is 1. The van der Waals surface area contributed by atoms with Crippen LogP contribution in [-0.2, 0) is 13.3 Å². The second-order valence-corrected chi connectivity index (χ2v) is 6.23. The molecule has 142 valence electrons. The number of nitrogens with one attached hydrogen (secondary N) is 1. The van der Waals surface area contributed by atoms with E-state index in [0.29, 0.717) is 18.0 Å². The van der Waals surface area contributed by atoms with Gasteiger partial charge in [0.05, 0.1) is 5.69 Å². The molecule has 3 aromatic rings. The van der Waals surface area contributed by atoms with E-state index in [9.17, 15) is 9.18 Å². The molecule has 27 heavy (non-hydrogen) atoms. The Morgan fingerprint density at radius 2 is 1.96 bits per heavy atom. The van der Waals surface area contributed by atoms with E-state index >= 15 is 0 Å². The molecule has 3 rings (SSSR count). The van der Waals surface area contributed by atoms with Gasteiger partial charge in [0.15, 0.2) is 6.73 Å². The number of hydrogen-bond donors (Lipinski definition) is 1. The number of carbonyl (C=O) groups excluding carboxylic acids is 1. The fraction of sp³-hybridized carbons (Fsp3) is 0.316. The standard InChI is InChI=1S/C19H22FN5O2/c1-14-12-15(2)25(22-14)10-3-9-21-19(26)18-8-11-24(23-18)13-27-17-6-4-16(20)5-7-17/h4-8,11-12H,3,9-10,13H2,1-2H3,(H,21,26). The first-order valence-electron chi connectivity index (χ1n) is 8.72. The molecule has 0 radical (unpaired) electrons. The minimum absolute atomic E-state index is 0.136. The van der Waals surface area contributed by atoms with Gasteiger partial charge in [-0.3, -0.25) is 9.48 Å². The molecular formula is C19H22FN5O2. The second-order valence-electron chi connectivity index (χ2n) is 6.23. The van der Waals surface area contributed by atoms with Gasteiger partial charge >= 0.3 is 0 Å². The Morgan fingerprint density at radius 3 is 2.67 bits per heavy atom. The van der Waals surface area contributed by atoms with Crippen LogP contribution in [0.1, 0.15) is 28.3 Å². The van der Waals surface area contributed by atoms with Crippen LogP contribution in [0.3, 0.4) is 0 Å². The van der Waals surface area contributed by atoms with Gasteiger partial charge in [-0.2, -0.15) is 10.2 Å². The van der Waals surface area contributed by atoms with Crippen LogP contribution in [-0.4, -0.2) is 32.0 Å². The van der Waals surface area contributed by atoms with Crippen molar-refractivity contribution in [2.45, 2.75) is 33.5 Å². The summed E-state index contributed by atoms with van der Waals surface area (Å²) in [6.45, 7) is 5.40. The highest BCUT2D eigenvalue weighted by molar-refractivity contribution is 5.92. The summed E-state index contributed by atoms with van der Waals surface area (Å²) in [6.07, 6.45) is 2.44. The molecule has 0 fully saturated rings. The average Bonchev–Trinajstić information content (AvgIpc) is 3.24. The highest BCUT2D eigenvalue weighted by atomic mass is 19.1. The Balaban J connectivity index is 1.42. The highest BCUT2D eigenvalue weighted by Gasteiger charge is 2.09. The molecule has 0 bridgehead atoms. The van der Waals surface area contributed by atoms with Crippen LogP contribution in [0.5, 0.6) is 5.75 Å². The minimum atomic E-state index is -0.321. The number of amides is 1. The van der Waals surface area contributed by atoms with Crippen LogP contribution >= 0.6 is 0 Å². The zero-order valence-electron chi connectivity index (χ0n) is 15.4. The van der Waals surface area contributed by atoms with Gasteiger partial charge < -0.3 is 10.1 Å². The molecule has 2 aromatic heterocycles. The minimum Gasteiger partial charge on any atom is -0.471 e. The molecule has 1 N–H and O–H groups in total. The number of rotatable bonds is 8. The maximum atomic E-state index is 12.9. The third-order valence-electron chi connectivity index (χ3n) is 3.99. The number of ether oxygens (including phenoxy) is 1. The predicted octanol–water partition coefficient (Wildman–Crippen LogP) is 2.69.